The van der Waals surface area contributed by atoms with E-state index in [9.17, 15) is 8.78 Å². The van der Waals surface area contributed by atoms with Crippen LogP contribution in [0.4, 0.5) is 8.78 Å². The zero-order chi connectivity index (χ0) is 13.5. The Morgan fingerprint density at radius 1 is 1.22 bits per heavy atom. The number of halogens is 2. The first-order valence-electron chi connectivity index (χ1n) is 6.69. The molecule has 0 aliphatic rings. The lowest BCUT2D eigenvalue weighted by Crippen LogP contribution is -2.28. The van der Waals surface area contributed by atoms with E-state index in [0.717, 1.165) is 25.6 Å². The second kappa shape index (κ2) is 7.47. The fourth-order valence-corrected chi connectivity index (χ4v) is 1.98. The average Bonchev–Trinajstić information content (AvgIpc) is 2.30. The van der Waals surface area contributed by atoms with Crippen molar-refractivity contribution in [3.05, 3.63) is 35.4 Å². The van der Waals surface area contributed by atoms with E-state index in [2.05, 4.69) is 26.1 Å². The molecule has 0 aliphatic carbocycles. The maximum absolute atomic E-state index is 13.6. The van der Waals surface area contributed by atoms with Crippen LogP contribution in [0.25, 0.3) is 0 Å². The van der Waals surface area contributed by atoms with Gasteiger partial charge in [0.2, 0.25) is 0 Å². The third-order valence-corrected chi connectivity index (χ3v) is 3.27. The van der Waals surface area contributed by atoms with Gasteiger partial charge in [-0.1, -0.05) is 26.8 Å². The molecule has 0 aromatic heterocycles. The lowest BCUT2D eigenvalue weighted by Gasteiger charge is -2.21. The van der Waals surface area contributed by atoms with E-state index in [-0.39, 0.29) is 0 Å². The third-order valence-electron chi connectivity index (χ3n) is 3.27. The van der Waals surface area contributed by atoms with Crippen LogP contribution < -0.4 is 5.32 Å². The molecule has 0 aliphatic heterocycles. The molecule has 3 heteroatoms. The lowest BCUT2D eigenvalue weighted by atomic mass is 9.89. The maximum Gasteiger partial charge on any atom is 0.129 e. The normalized spacial score (nSPS) is 13.0. The van der Waals surface area contributed by atoms with Gasteiger partial charge in [0.25, 0.3) is 0 Å². The van der Waals surface area contributed by atoms with Gasteiger partial charge in [-0.25, -0.2) is 8.78 Å². The molecule has 1 N–H and O–H groups in total. The molecule has 1 rings (SSSR count). The highest BCUT2D eigenvalue weighted by Crippen LogP contribution is 2.19. The molecule has 0 saturated carbocycles. The second-order valence-corrected chi connectivity index (χ2v) is 5.15. The van der Waals surface area contributed by atoms with Gasteiger partial charge < -0.3 is 5.32 Å². The summed E-state index contributed by atoms with van der Waals surface area (Å²) in [7, 11) is 0. The Balaban J connectivity index is 2.64. The minimum absolute atomic E-state index is 0.372. The fourth-order valence-electron chi connectivity index (χ4n) is 1.98. The van der Waals surface area contributed by atoms with Gasteiger partial charge in [0.1, 0.15) is 11.6 Å². The molecular weight excluding hydrogens is 232 g/mol. The summed E-state index contributed by atoms with van der Waals surface area (Å²) >= 11 is 0. The molecule has 0 saturated heterocycles. The van der Waals surface area contributed by atoms with Crippen molar-refractivity contribution >= 4 is 0 Å². The minimum Gasteiger partial charge on any atom is -0.316 e. The van der Waals surface area contributed by atoms with Crippen molar-refractivity contribution in [1.82, 2.24) is 5.32 Å². The summed E-state index contributed by atoms with van der Waals surface area (Å²) in [5.74, 6) is -0.104. The lowest BCUT2D eigenvalue weighted by molar-refractivity contribution is 0.356. The summed E-state index contributed by atoms with van der Waals surface area (Å²) in [6.07, 6.45) is 1.75. The zero-order valence-electron chi connectivity index (χ0n) is 11.5. The van der Waals surface area contributed by atoms with Crippen molar-refractivity contribution in [2.75, 3.05) is 13.1 Å². The molecule has 1 nitrogen and oxygen atoms in total. The maximum atomic E-state index is 13.6. The van der Waals surface area contributed by atoms with Gasteiger partial charge in [-0.05, 0) is 49.4 Å². The highest BCUT2D eigenvalue weighted by atomic mass is 19.1. The smallest absolute Gasteiger partial charge is 0.129 e. The predicted octanol–water partition coefficient (Wildman–Crippen LogP) is 3.78. The summed E-state index contributed by atoms with van der Waals surface area (Å²) in [6, 6.07) is 3.85. The largest absolute Gasteiger partial charge is 0.316 e. The Kier molecular flexibility index (Phi) is 6.27. The van der Waals surface area contributed by atoms with E-state index in [1.54, 1.807) is 6.07 Å². The molecule has 1 atom stereocenters. The van der Waals surface area contributed by atoms with Crippen LogP contribution >= 0.6 is 0 Å². The van der Waals surface area contributed by atoms with Crippen molar-refractivity contribution in [1.29, 1.82) is 0 Å². The zero-order valence-corrected chi connectivity index (χ0v) is 11.5. The van der Waals surface area contributed by atoms with Gasteiger partial charge in [0.05, 0.1) is 0 Å². The third kappa shape index (κ3) is 4.73. The first-order chi connectivity index (χ1) is 8.54. The number of hydrogen-bond donors (Lipinski definition) is 1. The summed E-state index contributed by atoms with van der Waals surface area (Å²) < 4.78 is 26.4. The molecule has 1 aromatic rings. The van der Waals surface area contributed by atoms with Crippen LogP contribution in [0.1, 0.15) is 32.8 Å². The number of hydrogen-bond acceptors (Lipinski definition) is 1. The summed E-state index contributed by atoms with van der Waals surface area (Å²) in [6.45, 7) is 8.26. The van der Waals surface area contributed by atoms with Crippen LogP contribution in [0.15, 0.2) is 18.2 Å². The molecule has 0 heterocycles. The van der Waals surface area contributed by atoms with Crippen LogP contribution in [0, 0.1) is 23.5 Å². The van der Waals surface area contributed by atoms with E-state index in [4.69, 9.17) is 0 Å². The average molecular weight is 255 g/mol. The summed E-state index contributed by atoms with van der Waals surface area (Å²) in [5, 5.41) is 3.37. The second-order valence-electron chi connectivity index (χ2n) is 5.15. The standard InChI is InChI=1S/C15H23F2N/c1-4-7-18-10-13(11(2)3)8-12-5-6-14(16)9-15(12)17/h5-6,9,11,13,18H,4,7-8,10H2,1-3H3. The Hall–Kier alpha value is -0.960. The Bertz CT molecular complexity index is 364. The molecule has 0 spiro atoms. The van der Waals surface area contributed by atoms with E-state index in [1.807, 2.05) is 0 Å². The topological polar surface area (TPSA) is 12.0 Å². The Labute approximate surface area is 109 Å². The minimum atomic E-state index is -0.513. The van der Waals surface area contributed by atoms with E-state index in [0.29, 0.717) is 23.8 Å². The molecule has 1 unspecified atom stereocenters. The van der Waals surface area contributed by atoms with E-state index >= 15 is 0 Å². The number of nitrogens with one attached hydrogen (secondary N) is 1. The molecule has 0 amide bonds. The molecule has 0 fully saturated rings. The van der Waals surface area contributed by atoms with Crippen molar-refractivity contribution in [2.24, 2.45) is 11.8 Å². The van der Waals surface area contributed by atoms with Crippen LogP contribution in [0.5, 0.6) is 0 Å². The van der Waals surface area contributed by atoms with E-state index in [1.165, 1.54) is 6.07 Å². The number of rotatable bonds is 7. The SMILES string of the molecule is CCCNCC(Cc1ccc(F)cc1F)C(C)C. The highest BCUT2D eigenvalue weighted by Gasteiger charge is 2.16. The molecule has 102 valence electrons. The van der Waals surface area contributed by atoms with Crippen LogP contribution in [0.2, 0.25) is 0 Å². The predicted molar refractivity (Wildman–Crippen MR) is 71.6 cm³/mol. The van der Waals surface area contributed by atoms with Gasteiger partial charge in [0, 0.05) is 6.07 Å². The number of benzene rings is 1. The van der Waals surface area contributed by atoms with Gasteiger partial charge in [-0.2, -0.15) is 0 Å². The molecule has 1 aromatic carbocycles. The van der Waals surface area contributed by atoms with Crippen LogP contribution in [-0.2, 0) is 6.42 Å². The monoisotopic (exact) mass is 255 g/mol. The quantitative estimate of drug-likeness (QED) is 0.731. The fraction of sp³-hybridized carbons (Fsp3) is 0.600. The highest BCUT2D eigenvalue weighted by molar-refractivity contribution is 5.19. The van der Waals surface area contributed by atoms with Gasteiger partial charge >= 0.3 is 0 Å². The molecule has 0 bridgehead atoms. The molecule has 0 radical (unpaired) electrons. The van der Waals surface area contributed by atoms with Crippen molar-refractivity contribution in [3.63, 3.8) is 0 Å². The van der Waals surface area contributed by atoms with E-state index < -0.39 is 11.6 Å². The Morgan fingerprint density at radius 2 is 1.94 bits per heavy atom. The first kappa shape index (κ1) is 15.1. The van der Waals surface area contributed by atoms with Crippen molar-refractivity contribution in [3.8, 4) is 0 Å². The summed E-state index contributed by atoms with van der Waals surface area (Å²) in [5.41, 5.74) is 0.605. The first-order valence-corrected chi connectivity index (χ1v) is 6.69. The van der Waals surface area contributed by atoms with Gasteiger partial charge in [-0.15, -0.1) is 0 Å². The Morgan fingerprint density at radius 3 is 2.50 bits per heavy atom. The summed E-state index contributed by atoms with van der Waals surface area (Å²) in [4.78, 5) is 0. The van der Waals surface area contributed by atoms with Crippen LogP contribution in [0.3, 0.4) is 0 Å². The molecular formula is C15H23F2N. The van der Waals surface area contributed by atoms with Gasteiger partial charge in [-0.3, -0.25) is 0 Å². The van der Waals surface area contributed by atoms with Crippen molar-refractivity contribution < 1.29 is 8.78 Å². The van der Waals surface area contributed by atoms with Crippen molar-refractivity contribution in [2.45, 2.75) is 33.6 Å². The van der Waals surface area contributed by atoms with Gasteiger partial charge in [0.15, 0.2) is 0 Å². The van der Waals surface area contributed by atoms with Crippen LogP contribution in [-0.4, -0.2) is 13.1 Å². The molecule has 18 heavy (non-hydrogen) atoms.